The molecular weight excluding hydrogens is 324 g/mol. The maximum absolute atomic E-state index is 12.2. The number of benzene rings is 2. The molecular formula is C23H22O3. The van der Waals surface area contributed by atoms with E-state index in [2.05, 4.69) is 6.07 Å². The maximum atomic E-state index is 12.2. The van der Waals surface area contributed by atoms with Gasteiger partial charge in [0.15, 0.2) is 5.78 Å². The summed E-state index contributed by atoms with van der Waals surface area (Å²) in [6.07, 6.45) is 3.22. The van der Waals surface area contributed by atoms with E-state index in [4.69, 9.17) is 9.15 Å². The van der Waals surface area contributed by atoms with Crippen molar-refractivity contribution in [2.24, 2.45) is 0 Å². The first kappa shape index (κ1) is 17.7. The minimum absolute atomic E-state index is 0.0434. The van der Waals surface area contributed by atoms with Crippen molar-refractivity contribution < 1.29 is 13.9 Å². The first-order valence-corrected chi connectivity index (χ1v) is 8.58. The molecule has 0 saturated carbocycles. The minimum atomic E-state index is -0.0434. The first-order valence-electron chi connectivity index (χ1n) is 8.58. The van der Waals surface area contributed by atoms with E-state index < -0.39 is 0 Å². The summed E-state index contributed by atoms with van der Waals surface area (Å²) in [6.45, 7) is 6.40. The number of carbonyl (C=O) groups excluding carboxylic acids is 1. The lowest BCUT2D eigenvalue weighted by Gasteiger charge is -2.06. The van der Waals surface area contributed by atoms with E-state index in [1.54, 1.807) is 6.08 Å². The van der Waals surface area contributed by atoms with Gasteiger partial charge in [0, 0.05) is 5.56 Å². The molecule has 26 heavy (non-hydrogen) atoms. The second-order valence-electron chi connectivity index (χ2n) is 6.48. The molecule has 0 N–H and O–H groups in total. The van der Waals surface area contributed by atoms with Crippen molar-refractivity contribution in [3.05, 3.63) is 94.4 Å². The Kier molecular flexibility index (Phi) is 5.37. The van der Waals surface area contributed by atoms with Crippen LogP contribution in [-0.4, -0.2) is 5.78 Å². The average Bonchev–Trinajstić information content (AvgIpc) is 3.05. The zero-order chi connectivity index (χ0) is 18.5. The highest BCUT2D eigenvalue weighted by Crippen LogP contribution is 2.19. The number of hydrogen-bond acceptors (Lipinski definition) is 3. The third-order valence-electron chi connectivity index (χ3n) is 3.96. The summed E-state index contributed by atoms with van der Waals surface area (Å²) in [4.78, 5) is 12.2. The Morgan fingerprint density at radius 3 is 2.46 bits per heavy atom. The van der Waals surface area contributed by atoms with E-state index in [-0.39, 0.29) is 5.78 Å². The lowest BCUT2D eigenvalue weighted by atomic mass is 10.1. The molecule has 3 aromatic rings. The van der Waals surface area contributed by atoms with Gasteiger partial charge >= 0.3 is 0 Å². The van der Waals surface area contributed by atoms with Gasteiger partial charge in [-0.3, -0.25) is 4.79 Å². The van der Waals surface area contributed by atoms with Gasteiger partial charge in [-0.05, 0) is 74.4 Å². The quantitative estimate of drug-likeness (QED) is 0.426. The van der Waals surface area contributed by atoms with Crippen LogP contribution in [0.3, 0.4) is 0 Å². The molecule has 0 aliphatic rings. The second-order valence-corrected chi connectivity index (χ2v) is 6.48. The predicted octanol–water partition coefficient (Wildman–Crippen LogP) is 5.68. The van der Waals surface area contributed by atoms with Crippen LogP contribution in [0.1, 0.15) is 38.6 Å². The average molecular weight is 346 g/mol. The van der Waals surface area contributed by atoms with Crippen LogP contribution in [0.4, 0.5) is 0 Å². The van der Waals surface area contributed by atoms with Gasteiger partial charge in [-0.25, -0.2) is 0 Å². The molecule has 0 bridgehead atoms. The highest BCUT2D eigenvalue weighted by molar-refractivity contribution is 6.06. The van der Waals surface area contributed by atoms with Crippen LogP contribution in [0.15, 0.2) is 65.1 Å². The summed E-state index contributed by atoms with van der Waals surface area (Å²) in [5.74, 6) is 2.13. The van der Waals surface area contributed by atoms with Gasteiger partial charge in [-0.1, -0.05) is 29.8 Å². The number of furan rings is 1. The van der Waals surface area contributed by atoms with E-state index in [9.17, 15) is 4.79 Å². The lowest BCUT2D eigenvalue weighted by Crippen LogP contribution is -1.94. The molecule has 0 spiro atoms. The minimum Gasteiger partial charge on any atom is -0.486 e. The summed E-state index contributed by atoms with van der Waals surface area (Å²) < 4.78 is 11.5. The zero-order valence-electron chi connectivity index (χ0n) is 15.3. The largest absolute Gasteiger partial charge is 0.486 e. The molecule has 3 heteroatoms. The number of carbonyl (C=O) groups is 1. The van der Waals surface area contributed by atoms with Gasteiger partial charge < -0.3 is 9.15 Å². The molecule has 1 aromatic heterocycles. The normalized spacial score (nSPS) is 11.0. The predicted molar refractivity (Wildman–Crippen MR) is 103 cm³/mol. The van der Waals surface area contributed by atoms with Crippen LogP contribution in [0.2, 0.25) is 0 Å². The molecule has 0 unspecified atom stereocenters. The van der Waals surface area contributed by atoms with Crippen LogP contribution in [0.25, 0.3) is 6.08 Å². The van der Waals surface area contributed by atoms with Gasteiger partial charge in [-0.2, -0.15) is 0 Å². The molecule has 0 amide bonds. The van der Waals surface area contributed by atoms with Crippen LogP contribution in [-0.2, 0) is 6.61 Å². The van der Waals surface area contributed by atoms with Crippen LogP contribution in [0, 0.1) is 20.8 Å². The fraction of sp³-hybridized carbons (Fsp3) is 0.174. The number of rotatable bonds is 6. The van der Waals surface area contributed by atoms with Gasteiger partial charge in [-0.15, -0.1) is 0 Å². The van der Waals surface area contributed by atoms with E-state index in [1.807, 2.05) is 69.3 Å². The van der Waals surface area contributed by atoms with Crippen molar-refractivity contribution in [3.63, 3.8) is 0 Å². The number of hydrogen-bond donors (Lipinski definition) is 0. The number of aryl methyl sites for hydroxylation is 3. The van der Waals surface area contributed by atoms with Crippen molar-refractivity contribution in [3.8, 4) is 5.75 Å². The van der Waals surface area contributed by atoms with E-state index in [0.29, 0.717) is 23.7 Å². The van der Waals surface area contributed by atoms with Crippen molar-refractivity contribution in [2.45, 2.75) is 27.4 Å². The van der Waals surface area contributed by atoms with Crippen molar-refractivity contribution in [2.75, 3.05) is 0 Å². The van der Waals surface area contributed by atoms with Crippen molar-refractivity contribution in [1.82, 2.24) is 0 Å². The topological polar surface area (TPSA) is 39.4 Å². The van der Waals surface area contributed by atoms with Gasteiger partial charge in [0.25, 0.3) is 0 Å². The van der Waals surface area contributed by atoms with Crippen LogP contribution >= 0.6 is 0 Å². The van der Waals surface area contributed by atoms with E-state index >= 15 is 0 Å². The van der Waals surface area contributed by atoms with Crippen molar-refractivity contribution in [1.29, 1.82) is 0 Å². The SMILES string of the molecule is Cc1cc(C)cc(OCc2ccc(/C=C/C(=O)c3cccc(C)c3)o2)c1. The zero-order valence-corrected chi connectivity index (χ0v) is 15.3. The molecule has 3 rings (SSSR count). The maximum Gasteiger partial charge on any atom is 0.185 e. The standard InChI is InChI=1S/C23H22O3/c1-16-5-4-6-19(12-16)23(24)10-9-20-7-8-21(26-20)15-25-22-13-17(2)11-18(3)14-22/h4-14H,15H2,1-3H3/b10-9+. The molecule has 0 aliphatic heterocycles. The first-order chi connectivity index (χ1) is 12.5. The van der Waals surface area contributed by atoms with E-state index in [0.717, 1.165) is 22.4 Å². The molecule has 2 aromatic carbocycles. The van der Waals surface area contributed by atoms with Gasteiger partial charge in [0.1, 0.15) is 23.9 Å². The summed E-state index contributed by atoms with van der Waals surface area (Å²) in [6, 6.07) is 17.3. The number of ketones is 1. The monoisotopic (exact) mass is 346 g/mol. The van der Waals surface area contributed by atoms with Gasteiger partial charge in [0.05, 0.1) is 0 Å². The Morgan fingerprint density at radius 1 is 0.962 bits per heavy atom. The summed E-state index contributed by atoms with van der Waals surface area (Å²) in [5.41, 5.74) is 4.06. The molecule has 3 nitrogen and oxygen atoms in total. The number of ether oxygens (including phenoxy) is 1. The fourth-order valence-electron chi connectivity index (χ4n) is 2.78. The Hall–Kier alpha value is -3.07. The van der Waals surface area contributed by atoms with Crippen LogP contribution in [0.5, 0.6) is 5.75 Å². The molecule has 132 valence electrons. The Balaban J connectivity index is 1.61. The third kappa shape index (κ3) is 4.73. The second kappa shape index (κ2) is 7.87. The third-order valence-corrected chi connectivity index (χ3v) is 3.96. The molecule has 0 saturated heterocycles. The van der Waals surface area contributed by atoms with Crippen molar-refractivity contribution >= 4 is 11.9 Å². The Labute approximate surface area is 153 Å². The van der Waals surface area contributed by atoms with E-state index in [1.165, 1.54) is 6.08 Å². The molecule has 0 aliphatic carbocycles. The molecule has 0 fully saturated rings. The Morgan fingerprint density at radius 2 is 1.73 bits per heavy atom. The smallest absolute Gasteiger partial charge is 0.185 e. The fourth-order valence-corrected chi connectivity index (χ4v) is 2.78. The summed E-state index contributed by atoms with van der Waals surface area (Å²) in [7, 11) is 0. The summed E-state index contributed by atoms with van der Waals surface area (Å²) >= 11 is 0. The number of allylic oxidation sites excluding steroid dienone is 1. The molecule has 1 heterocycles. The van der Waals surface area contributed by atoms with Crippen LogP contribution < -0.4 is 4.74 Å². The highest BCUT2D eigenvalue weighted by Gasteiger charge is 2.05. The van der Waals surface area contributed by atoms with Gasteiger partial charge in [0.2, 0.25) is 0 Å². The molecule has 0 atom stereocenters. The lowest BCUT2D eigenvalue weighted by molar-refractivity contribution is 0.104. The molecule has 0 radical (unpaired) electrons. The Bertz CT molecular complexity index is 927. The summed E-state index contributed by atoms with van der Waals surface area (Å²) in [5, 5.41) is 0. The highest BCUT2D eigenvalue weighted by atomic mass is 16.5.